The van der Waals surface area contributed by atoms with Crippen LogP contribution in [0, 0.1) is 0 Å². The lowest BCUT2D eigenvalue weighted by Gasteiger charge is -2.14. The van der Waals surface area contributed by atoms with Gasteiger partial charge in [0, 0.05) is 12.1 Å². The molecule has 1 fully saturated rings. The van der Waals surface area contributed by atoms with Crippen molar-refractivity contribution in [1.82, 2.24) is 19.5 Å². The average Bonchev–Trinajstić information content (AvgIpc) is 3.42. The molecule has 0 saturated carbocycles. The lowest BCUT2D eigenvalue weighted by atomic mass is 10.1. The highest BCUT2D eigenvalue weighted by molar-refractivity contribution is 7.19. The van der Waals surface area contributed by atoms with Crippen LogP contribution in [0.1, 0.15) is 18.5 Å². The molecule has 1 aromatic carbocycles. The van der Waals surface area contributed by atoms with Gasteiger partial charge in [-0.05, 0) is 38.1 Å². The van der Waals surface area contributed by atoms with Gasteiger partial charge in [0.2, 0.25) is 4.96 Å². The van der Waals surface area contributed by atoms with E-state index in [0.717, 1.165) is 52.3 Å². The van der Waals surface area contributed by atoms with Gasteiger partial charge in [0.05, 0.1) is 17.7 Å². The topological polar surface area (TPSA) is 46.6 Å². The van der Waals surface area contributed by atoms with Gasteiger partial charge in [-0.2, -0.15) is 5.10 Å². The zero-order valence-electron chi connectivity index (χ0n) is 13.8. The second-order valence-corrected chi connectivity index (χ2v) is 7.29. The Morgan fingerprint density at radius 1 is 1.04 bits per heavy atom. The largest absolute Gasteiger partial charge is 0.462 e. The highest BCUT2D eigenvalue weighted by Gasteiger charge is 2.22. The summed E-state index contributed by atoms with van der Waals surface area (Å²) in [6.07, 6.45) is 4.23. The van der Waals surface area contributed by atoms with Crippen LogP contribution >= 0.6 is 11.3 Å². The molecule has 25 heavy (non-hydrogen) atoms. The summed E-state index contributed by atoms with van der Waals surface area (Å²) in [7, 11) is 0. The second kappa shape index (κ2) is 6.13. The molecule has 0 N–H and O–H groups in total. The number of fused-ring (bicyclic) bond motifs is 1. The van der Waals surface area contributed by atoms with Gasteiger partial charge in [-0.1, -0.05) is 41.7 Å². The minimum absolute atomic E-state index is 0.795. The van der Waals surface area contributed by atoms with Crippen LogP contribution in [0.4, 0.5) is 0 Å². The van der Waals surface area contributed by atoms with E-state index in [4.69, 9.17) is 14.5 Å². The van der Waals surface area contributed by atoms with Gasteiger partial charge < -0.3 is 4.42 Å². The summed E-state index contributed by atoms with van der Waals surface area (Å²) in [5, 5.41) is 5.67. The maximum absolute atomic E-state index is 5.50. The van der Waals surface area contributed by atoms with Crippen molar-refractivity contribution in [2.45, 2.75) is 19.4 Å². The first kappa shape index (κ1) is 14.9. The third-order valence-corrected chi connectivity index (χ3v) is 5.57. The van der Waals surface area contributed by atoms with Gasteiger partial charge in [-0.15, -0.1) is 0 Å². The van der Waals surface area contributed by atoms with E-state index in [1.165, 1.54) is 12.8 Å². The van der Waals surface area contributed by atoms with Crippen molar-refractivity contribution in [1.29, 1.82) is 0 Å². The van der Waals surface area contributed by atoms with Crippen molar-refractivity contribution in [3.05, 3.63) is 54.4 Å². The molecule has 0 spiro atoms. The third kappa shape index (κ3) is 2.67. The summed E-state index contributed by atoms with van der Waals surface area (Å²) < 4.78 is 7.51. The summed E-state index contributed by atoms with van der Waals surface area (Å²) in [5.41, 5.74) is 3.35. The van der Waals surface area contributed by atoms with E-state index in [1.54, 1.807) is 17.6 Å². The van der Waals surface area contributed by atoms with Gasteiger partial charge in [-0.25, -0.2) is 9.50 Å². The maximum Gasteiger partial charge on any atom is 0.213 e. The van der Waals surface area contributed by atoms with Crippen LogP contribution in [-0.2, 0) is 6.54 Å². The van der Waals surface area contributed by atoms with Crippen molar-refractivity contribution in [2.75, 3.05) is 13.1 Å². The van der Waals surface area contributed by atoms with E-state index in [-0.39, 0.29) is 0 Å². The van der Waals surface area contributed by atoms with Crippen LogP contribution in [0.3, 0.4) is 0 Å². The number of rotatable bonds is 4. The molecule has 1 aliphatic rings. The van der Waals surface area contributed by atoms with Crippen LogP contribution in [-0.4, -0.2) is 32.6 Å². The number of imidazole rings is 1. The quantitative estimate of drug-likeness (QED) is 0.550. The van der Waals surface area contributed by atoms with Gasteiger partial charge in [-0.3, -0.25) is 4.90 Å². The normalized spacial score (nSPS) is 15.4. The first-order valence-electron chi connectivity index (χ1n) is 8.58. The van der Waals surface area contributed by atoms with Gasteiger partial charge >= 0.3 is 0 Å². The van der Waals surface area contributed by atoms with Crippen LogP contribution in [0.15, 0.2) is 53.1 Å². The van der Waals surface area contributed by atoms with Crippen LogP contribution in [0.25, 0.3) is 27.0 Å². The van der Waals surface area contributed by atoms with Crippen molar-refractivity contribution >= 4 is 16.3 Å². The van der Waals surface area contributed by atoms with Crippen molar-refractivity contribution in [3.8, 4) is 22.0 Å². The van der Waals surface area contributed by atoms with Gasteiger partial charge in [0.25, 0.3) is 0 Å². The van der Waals surface area contributed by atoms with Crippen molar-refractivity contribution in [3.63, 3.8) is 0 Å². The van der Waals surface area contributed by atoms with Crippen LogP contribution in [0.5, 0.6) is 0 Å². The molecule has 4 aromatic rings. The highest BCUT2D eigenvalue weighted by Crippen LogP contribution is 2.32. The molecule has 4 heterocycles. The van der Waals surface area contributed by atoms with E-state index in [9.17, 15) is 0 Å². The number of aromatic nitrogens is 3. The van der Waals surface area contributed by atoms with E-state index in [0.29, 0.717) is 0 Å². The zero-order valence-corrected chi connectivity index (χ0v) is 14.6. The minimum Gasteiger partial charge on any atom is -0.462 e. The molecule has 0 aliphatic carbocycles. The molecule has 1 aliphatic heterocycles. The van der Waals surface area contributed by atoms with Crippen LogP contribution < -0.4 is 0 Å². The number of hydrogen-bond acceptors (Lipinski definition) is 5. The molecule has 126 valence electrons. The molecule has 0 unspecified atom stereocenters. The lowest BCUT2D eigenvalue weighted by molar-refractivity contribution is 0.325. The molecular weight excluding hydrogens is 332 g/mol. The molecule has 0 radical (unpaired) electrons. The zero-order chi connectivity index (χ0) is 16.6. The Labute approximate surface area is 149 Å². The van der Waals surface area contributed by atoms with E-state index in [2.05, 4.69) is 29.2 Å². The first-order chi connectivity index (χ1) is 12.4. The molecular formula is C19H18N4OS. The molecule has 3 aromatic heterocycles. The Balaban J connectivity index is 1.64. The number of hydrogen-bond donors (Lipinski definition) is 0. The molecule has 0 atom stereocenters. The molecule has 0 bridgehead atoms. The third-order valence-electron chi connectivity index (χ3n) is 4.65. The maximum atomic E-state index is 5.50. The lowest BCUT2D eigenvalue weighted by Crippen LogP contribution is -2.20. The fraction of sp³-hybridized carbons (Fsp3) is 0.263. The fourth-order valence-corrected chi connectivity index (χ4v) is 4.30. The highest BCUT2D eigenvalue weighted by atomic mass is 32.1. The molecule has 6 heteroatoms. The Hall–Kier alpha value is -2.44. The summed E-state index contributed by atoms with van der Waals surface area (Å²) >= 11 is 1.57. The molecule has 5 rings (SSSR count). The summed E-state index contributed by atoms with van der Waals surface area (Å²) in [4.78, 5) is 8.31. The standard InChI is InChI=1S/C19H18N4OS/c1-2-7-14(8-3-1)17-15(13-22-10-4-5-11-22)23-19(20-17)25-18(21-23)16-9-6-12-24-16/h1-3,6-9,12H,4-5,10-11,13H2. The average molecular weight is 350 g/mol. The Kier molecular flexibility index (Phi) is 3.64. The van der Waals surface area contributed by atoms with E-state index < -0.39 is 0 Å². The Morgan fingerprint density at radius 2 is 1.88 bits per heavy atom. The van der Waals surface area contributed by atoms with Crippen LogP contribution in [0.2, 0.25) is 0 Å². The monoisotopic (exact) mass is 350 g/mol. The SMILES string of the molecule is c1ccc(-c2nc3sc(-c4ccco4)nn3c2CN2CCCC2)cc1. The number of benzene rings is 1. The number of likely N-dealkylation sites (tertiary alicyclic amines) is 1. The minimum atomic E-state index is 0.795. The molecule has 1 saturated heterocycles. The number of furan rings is 1. The summed E-state index contributed by atoms with van der Waals surface area (Å²) in [6.45, 7) is 3.18. The predicted octanol–water partition coefficient (Wildman–Crippen LogP) is 4.31. The van der Waals surface area contributed by atoms with E-state index >= 15 is 0 Å². The second-order valence-electron chi connectivity index (χ2n) is 6.34. The molecule has 5 nitrogen and oxygen atoms in total. The van der Waals surface area contributed by atoms with Crippen molar-refractivity contribution < 1.29 is 4.42 Å². The summed E-state index contributed by atoms with van der Waals surface area (Å²) in [6, 6.07) is 14.2. The summed E-state index contributed by atoms with van der Waals surface area (Å²) in [5.74, 6) is 0.795. The van der Waals surface area contributed by atoms with Crippen molar-refractivity contribution in [2.24, 2.45) is 0 Å². The first-order valence-corrected chi connectivity index (χ1v) is 9.40. The van der Waals surface area contributed by atoms with Gasteiger partial charge in [0.1, 0.15) is 0 Å². The van der Waals surface area contributed by atoms with E-state index in [1.807, 2.05) is 22.7 Å². The Bertz CT molecular complexity index is 981. The Morgan fingerprint density at radius 3 is 2.64 bits per heavy atom. The smallest absolute Gasteiger partial charge is 0.213 e. The fourth-order valence-electron chi connectivity index (χ4n) is 3.41. The van der Waals surface area contributed by atoms with Gasteiger partial charge in [0.15, 0.2) is 10.8 Å². The number of nitrogens with zero attached hydrogens (tertiary/aromatic N) is 4. The molecule has 0 amide bonds. The predicted molar refractivity (Wildman–Crippen MR) is 98.5 cm³/mol.